The van der Waals surface area contributed by atoms with Crippen molar-refractivity contribution < 1.29 is 81.4 Å². The van der Waals surface area contributed by atoms with Crippen LogP contribution in [0.5, 0.6) is 17.2 Å². The molecule has 494 valence electrons. The topological polar surface area (TPSA) is 278 Å². The smallest absolute Gasteiger partial charge is 0.324 e. The van der Waals surface area contributed by atoms with Crippen LogP contribution < -0.4 is 30.2 Å². The largest absolute Gasteiger partial charge is 0.490 e. The summed E-state index contributed by atoms with van der Waals surface area (Å²) in [6.07, 6.45) is 14.6. The van der Waals surface area contributed by atoms with Crippen molar-refractivity contribution in [3.63, 3.8) is 0 Å². The van der Waals surface area contributed by atoms with E-state index < -0.39 is 53.0 Å². The van der Waals surface area contributed by atoms with E-state index in [1.807, 2.05) is 47.6 Å². The maximum Gasteiger partial charge on any atom is 0.324 e. The Balaban J connectivity index is 0.000000327. The maximum absolute atomic E-state index is 13.8. The number of imide groups is 3. The highest BCUT2D eigenvalue weighted by Gasteiger charge is 2.28. The number of nitrogens with one attached hydrogen (secondary N) is 3. The second kappa shape index (κ2) is 38.3. The molecule has 3 saturated heterocycles. The average Bonchev–Trinajstić information content (AvgIpc) is 2.58. The van der Waals surface area contributed by atoms with Gasteiger partial charge in [-0.05, 0) is 106 Å². The molecule has 0 spiro atoms. The summed E-state index contributed by atoms with van der Waals surface area (Å²) in [5.74, 6) is -1.98. The minimum atomic E-state index is -3.53. The Morgan fingerprint density at radius 3 is 1.13 bits per heavy atom. The predicted octanol–water partition coefficient (Wildman–Crippen LogP) is 9.76. The molecule has 3 aliphatic heterocycles. The molecule has 3 aliphatic rings. The van der Waals surface area contributed by atoms with Gasteiger partial charge < -0.3 is 28.9 Å². The van der Waals surface area contributed by atoms with Gasteiger partial charge in [0.25, 0.3) is 0 Å². The fourth-order valence-electron chi connectivity index (χ4n) is 8.15. The first-order valence-corrected chi connectivity index (χ1v) is 34.5. The van der Waals surface area contributed by atoms with Gasteiger partial charge in [-0.3, -0.25) is 30.3 Å². The number of unbranched alkanes of at least 4 members (excludes halogenated alkanes) is 8. The van der Waals surface area contributed by atoms with Crippen LogP contribution in [0.15, 0.2) is 107 Å². The fourth-order valence-corrected chi connectivity index (χ4v) is 12.3. The molecule has 3 aromatic rings. The molecule has 0 saturated carbocycles. The number of rotatable bonds is 34. The summed E-state index contributed by atoms with van der Waals surface area (Å²) in [6, 6.07) is 9.92. The minimum absolute atomic E-state index is 0.00383. The van der Waals surface area contributed by atoms with E-state index in [1.54, 1.807) is 18.2 Å². The van der Waals surface area contributed by atoms with Gasteiger partial charge in [0, 0.05) is 37.8 Å². The lowest BCUT2D eigenvalue weighted by Gasteiger charge is -2.12. The SMILES string of the molecule is C=CCCCCS(=O)(=O)c1ccc(F)c(OCC(C)C)c1.C=CCN1CC(=O)NC1=O.CC(C)COc1cc(S(=O)(=O)CCCC/C=C/CN2CC(=O)NC2=O)ccc1F.CC(C)COc1cc(S(=O)(=O)CCCCCCCN2CC(=O)NC2=O)ccc1F. The van der Waals surface area contributed by atoms with Crippen LogP contribution in [-0.4, -0.2) is 152 Å². The number of carbonyl (C=O) groups excluding carboxylic acids is 6. The zero-order valence-corrected chi connectivity index (χ0v) is 54.2. The lowest BCUT2D eigenvalue weighted by Crippen LogP contribution is -2.29. The Morgan fingerprint density at radius 2 is 0.787 bits per heavy atom. The summed E-state index contributed by atoms with van der Waals surface area (Å²) in [5.41, 5.74) is 0. The number of sulfone groups is 3. The molecule has 0 aromatic heterocycles. The van der Waals surface area contributed by atoms with Crippen LogP contribution in [0.4, 0.5) is 27.6 Å². The standard InChI is InChI=1S/C20H29FN2O5S.C20H27FN2O5S.C16H23FO3S.C6H8N2O2/c2*1-15(2)14-28-18-12-16(8-9-17(18)21)29(26,27)11-7-5-3-4-6-10-23-13-19(24)22-20(23)25;1-4-5-6-7-10-21(18,19)14-8-9-15(17)16(11-14)20-12-13(2)3;1-2-3-8-4-5(9)7-6(8)10/h8-9,12,15H,3-7,10-11,13-14H2,1-2H3,(H,22,24,25);4,6,8-9,12,15H,3,5,7,10-11,13-14H2,1-2H3,(H,22,24,25);4,8-9,11,13H,1,5-7,10,12H2,2-3H3;2H,1,3-4H2,(H,7,9,10)/b;6-4+;;. The molecule has 6 rings (SSSR count). The Bertz CT molecular complexity index is 3250. The van der Waals surface area contributed by atoms with Crippen molar-refractivity contribution in [2.75, 3.05) is 76.3 Å². The van der Waals surface area contributed by atoms with E-state index in [0.717, 1.165) is 56.7 Å². The molecule has 3 fully saturated rings. The molecule has 9 amide bonds. The molecule has 0 bridgehead atoms. The molecule has 0 aliphatic carbocycles. The lowest BCUT2D eigenvalue weighted by molar-refractivity contribution is -0.119. The Morgan fingerprint density at radius 1 is 0.449 bits per heavy atom. The molecule has 89 heavy (non-hydrogen) atoms. The third kappa shape index (κ3) is 28.4. The Labute approximate surface area is 522 Å². The molecule has 3 heterocycles. The number of amides is 9. The van der Waals surface area contributed by atoms with Gasteiger partial charge in [0.05, 0.1) is 51.8 Å². The van der Waals surface area contributed by atoms with E-state index in [4.69, 9.17) is 14.2 Å². The molecule has 3 N–H and O–H groups in total. The van der Waals surface area contributed by atoms with E-state index in [-0.39, 0.29) is 116 Å². The van der Waals surface area contributed by atoms with Crippen molar-refractivity contribution in [1.29, 1.82) is 0 Å². The van der Waals surface area contributed by atoms with Crippen molar-refractivity contribution in [1.82, 2.24) is 30.7 Å². The Hall–Kier alpha value is -7.26. The number of allylic oxidation sites excluding steroid dienone is 2. The third-order valence-corrected chi connectivity index (χ3v) is 18.3. The molecular weight excluding hydrogens is 1220 g/mol. The normalized spacial score (nSPS) is 14.3. The first kappa shape index (κ1) is 76.0. The van der Waals surface area contributed by atoms with E-state index in [2.05, 4.69) is 29.1 Å². The lowest BCUT2D eigenvalue weighted by atomic mass is 10.1. The monoisotopic (exact) mass is 1310 g/mol. The molecule has 0 atom stereocenters. The van der Waals surface area contributed by atoms with Gasteiger partial charge in [-0.15, -0.1) is 13.2 Å². The molecule has 0 unspecified atom stereocenters. The van der Waals surface area contributed by atoms with E-state index in [0.29, 0.717) is 71.6 Å². The van der Waals surface area contributed by atoms with Gasteiger partial charge in [0.1, 0.15) is 19.6 Å². The Kier molecular flexibility index (Phi) is 32.7. The first-order valence-electron chi connectivity index (χ1n) is 29.6. The van der Waals surface area contributed by atoms with Crippen LogP contribution in [0.2, 0.25) is 0 Å². The zero-order valence-electron chi connectivity index (χ0n) is 51.7. The minimum Gasteiger partial charge on any atom is -0.490 e. The van der Waals surface area contributed by atoms with Crippen molar-refractivity contribution in [3.8, 4) is 17.2 Å². The summed E-state index contributed by atoms with van der Waals surface area (Å²) in [4.78, 5) is 70.7. The summed E-state index contributed by atoms with van der Waals surface area (Å²) in [5, 5.41) is 6.58. The number of hydrogen-bond acceptors (Lipinski definition) is 15. The zero-order chi connectivity index (χ0) is 66.3. The summed E-state index contributed by atoms with van der Waals surface area (Å²) in [6.45, 7) is 21.2. The second-order valence-corrected chi connectivity index (χ2v) is 28.7. The second-order valence-electron chi connectivity index (χ2n) is 22.4. The van der Waals surface area contributed by atoms with Crippen LogP contribution in [-0.2, 0) is 43.9 Å². The highest BCUT2D eigenvalue weighted by Crippen LogP contribution is 2.27. The van der Waals surface area contributed by atoms with Crippen molar-refractivity contribution in [2.24, 2.45) is 17.8 Å². The number of benzene rings is 3. The van der Waals surface area contributed by atoms with E-state index >= 15 is 0 Å². The van der Waals surface area contributed by atoms with Crippen molar-refractivity contribution in [3.05, 3.63) is 110 Å². The third-order valence-electron chi connectivity index (χ3n) is 12.9. The van der Waals surface area contributed by atoms with Crippen LogP contribution in [0.1, 0.15) is 112 Å². The van der Waals surface area contributed by atoms with Gasteiger partial charge in [0.15, 0.2) is 64.2 Å². The van der Waals surface area contributed by atoms with Gasteiger partial charge in [-0.1, -0.05) is 85.1 Å². The first-order chi connectivity index (χ1) is 42.0. The highest BCUT2D eigenvalue weighted by atomic mass is 32.2. The van der Waals surface area contributed by atoms with Gasteiger partial charge in [0.2, 0.25) is 17.7 Å². The van der Waals surface area contributed by atoms with E-state index in [1.165, 1.54) is 51.1 Å². The van der Waals surface area contributed by atoms with Gasteiger partial charge >= 0.3 is 18.1 Å². The van der Waals surface area contributed by atoms with E-state index in [9.17, 15) is 67.2 Å². The number of hydrogen-bond donors (Lipinski definition) is 3. The quantitative estimate of drug-likeness (QED) is 0.0217. The highest BCUT2D eigenvalue weighted by molar-refractivity contribution is 7.92. The molecule has 3 aromatic carbocycles. The molecule has 21 nitrogen and oxygen atoms in total. The van der Waals surface area contributed by atoms with Crippen molar-refractivity contribution in [2.45, 2.75) is 127 Å². The van der Waals surface area contributed by atoms with Gasteiger partial charge in [-0.25, -0.2) is 52.8 Å². The van der Waals surface area contributed by atoms with Crippen LogP contribution >= 0.6 is 0 Å². The number of nitrogens with zero attached hydrogens (tertiary/aromatic N) is 3. The number of ether oxygens (including phenoxy) is 3. The number of urea groups is 3. The predicted molar refractivity (Wildman–Crippen MR) is 332 cm³/mol. The summed E-state index contributed by atoms with van der Waals surface area (Å²) in [7, 11) is -10.4. The molecule has 27 heteroatoms. The average molecular weight is 1310 g/mol. The van der Waals surface area contributed by atoms with Crippen LogP contribution in [0.3, 0.4) is 0 Å². The maximum atomic E-state index is 13.8. The van der Waals surface area contributed by atoms with Crippen LogP contribution in [0, 0.1) is 35.2 Å². The van der Waals surface area contributed by atoms with Gasteiger partial charge in [-0.2, -0.15) is 0 Å². The van der Waals surface area contributed by atoms with Crippen LogP contribution in [0.25, 0.3) is 0 Å². The van der Waals surface area contributed by atoms with Crippen molar-refractivity contribution >= 4 is 65.3 Å². The fraction of sp³-hybridized carbons (Fsp3) is 0.516. The number of carbonyl (C=O) groups is 6. The summed E-state index contributed by atoms with van der Waals surface area (Å²) >= 11 is 0. The molecular formula is C62H87F3N6O15S3. The molecule has 0 radical (unpaired) electrons. The summed E-state index contributed by atoms with van der Waals surface area (Å²) < 4.78 is 132. The number of halogens is 3.